The number of benzene rings is 3. The molecule has 6 nitrogen and oxygen atoms in total. The molecule has 4 aromatic rings. The monoisotopic (exact) mass is 532 g/mol. The number of thioether (sulfide) groups is 1. The van der Waals surface area contributed by atoms with Crippen molar-refractivity contribution in [2.75, 3.05) is 0 Å². The van der Waals surface area contributed by atoms with Gasteiger partial charge in [0, 0.05) is 22.6 Å². The van der Waals surface area contributed by atoms with E-state index in [-0.39, 0.29) is 5.91 Å². The molecule has 1 N–H and O–H groups in total. The number of hydrogen-bond acceptors (Lipinski definition) is 5. The molecule has 39 heavy (non-hydrogen) atoms. The number of aromatic nitrogens is 1. The van der Waals surface area contributed by atoms with Gasteiger partial charge in [0.25, 0.3) is 5.91 Å². The van der Waals surface area contributed by atoms with Gasteiger partial charge in [-0.15, -0.1) is 0 Å². The van der Waals surface area contributed by atoms with Gasteiger partial charge in [0.05, 0.1) is 22.2 Å². The lowest BCUT2D eigenvalue weighted by atomic mass is 10.1. The average Bonchev–Trinajstić information content (AvgIpc) is 3.44. The summed E-state index contributed by atoms with van der Waals surface area (Å²) >= 11 is 1.35. The Kier molecular flexibility index (Phi) is 7.67. The third kappa shape index (κ3) is 5.82. The zero-order valence-electron chi connectivity index (χ0n) is 22.1. The van der Waals surface area contributed by atoms with Crippen molar-refractivity contribution in [1.29, 1.82) is 5.26 Å². The molecule has 1 aromatic heterocycles. The van der Waals surface area contributed by atoms with Crippen LogP contribution in [0.3, 0.4) is 0 Å². The molecule has 1 aliphatic heterocycles. The highest BCUT2D eigenvalue weighted by Gasteiger charge is 2.24. The number of ether oxygens (including phenoxy) is 1. The lowest BCUT2D eigenvalue weighted by Crippen LogP contribution is -2.19. The second-order valence-corrected chi connectivity index (χ2v) is 10.2. The number of rotatable bonds is 7. The van der Waals surface area contributed by atoms with E-state index < -0.39 is 0 Å². The first kappa shape index (κ1) is 26.1. The zero-order chi connectivity index (χ0) is 27.4. The van der Waals surface area contributed by atoms with Crippen LogP contribution in [-0.2, 0) is 17.8 Å². The Bertz CT molecular complexity index is 1620. The molecule has 1 saturated heterocycles. The summed E-state index contributed by atoms with van der Waals surface area (Å²) in [7, 11) is 0. The maximum Gasteiger partial charge on any atom is 0.264 e. The van der Waals surface area contributed by atoms with Gasteiger partial charge >= 0.3 is 0 Å². The van der Waals surface area contributed by atoms with Crippen molar-refractivity contribution < 1.29 is 9.53 Å². The molecular weight excluding hydrogens is 504 g/mol. The lowest BCUT2D eigenvalue weighted by Gasteiger charge is -2.12. The number of amidine groups is 1. The van der Waals surface area contributed by atoms with Crippen molar-refractivity contribution in [3.05, 3.63) is 117 Å². The van der Waals surface area contributed by atoms with Crippen LogP contribution in [0, 0.1) is 25.2 Å². The Morgan fingerprint density at radius 3 is 2.51 bits per heavy atom. The molecule has 1 amide bonds. The van der Waals surface area contributed by atoms with Crippen LogP contribution in [-0.4, -0.2) is 15.6 Å². The van der Waals surface area contributed by atoms with Gasteiger partial charge in [0.15, 0.2) is 5.17 Å². The SMILES string of the molecule is CCc1ccc(N=C2NC(=O)/C(=C/c3cc(C)n(-c4ccc(OCc5ccccc5C#N)cc4)c3C)S2)cc1. The predicted octanol–water partition coefficient (Wildman–Crippen LogP) is 7.00. The average molecular weight is 533 g/mol. The molecular formula is C32H28N4O2S. The lowest BCUT2D eigenvalue weighted by molar-refractivity contribution is -0.115. The molecule has 0 radical (unpaired) electrons. The molecule has 1 fully saturated rings. The molecule has 3 aromatic carbocycles. The summed E-state index contributed by atoms with van der Waals surface area (Å²) in [6.07, 6.45) is 2.90. The fourth-order valence-corrected chi connectivity index (χ4v) is 5.32. The van der Waals surface area contributed by atoms with E-state index in [9.17, 15) is 10.1 Å². The highest BCUT2D eigenvalue weighted by molar-refractivity contribution is 8.18. The molecule has 1 aliphatic rings. The van der Waals surface area contributed by atoms with E-state index in [0.717, 1.165) is 46.1 Å². The van der Waals surface area contributed by atoms with E-state index >= 15 is 0 Å². The first-order valence-corrected chi connectivity index (χ1v) is 13.6. The zero-order valence-corrected chi connectivity index (χ0v) is 22.9. The van der Waals surface area contributed by atoms with Crippen LogP contribution in [0.4, 0.5) is 5.69 Å². The van der Waals surface area contributed by atoms with Gasteiger partial charge in [0.1, 0.15) is 12.4 Å². The summed E-state index contributed by atoms with van der Waals surface area (Å²) in [5.74, 6) is 0.583. The van der Waals surface area contributed by atoms with Crippen LogP contribution in [0.2, 0.25) is 0 Å². The summed E-state index contributed by atoms with van der Waals surface area (Å²) in [6, 6.07) is 27.6. The van der Waals surface area contributed by atoms with Gasteiger partial charge in [-0.05, 0) is 97.8 Å². The Morgan fingerprint density at radius 2 is 1.79 bits per heavy atom. The third-order valence-corrected chi connectivity index (χ3v) is 7.52. The van der Waals surface area contributed by atoms with Gasteiger partial charge in [-0.3, -0.25) is 4.79 Å². The van der Waals surface area contributed by atoms with E-state index in [1.54, 1.807) is 6.07 Å². The first-order chi connectivity index (χ1) is 18.9. The summed E-state index contributed by atoms with van der Waals surface area (Å²) in [6.45, 7) is 6.54. The summed E-state index contributed by atoms with van der Waals surface area (Å²) in [5, 5.41) is 12.7. The van der Waals surface area contributed by atoms with Crippen LogP contribution in [0.15, 0.2) is 88.8 Å². The van der Waals surface area contributed by atoms with Crippen LogP contribution in [0.25, 0.3) is 11.8 Å². The van der Waals surface area contributed by atoms with E-state index in [2.05, 4.69) is 46.1 Å². The number of nitrogens with zero attached hydrogens (tertiary/aromatic N) is 3. The number of carbonyl (C=O) groups excluding carboxylic acids is 1. The number of amides is 1. The number of aliphatic imine (C=N–C) groups is 1. The Hall–Kier alpha value is -4.54. The van der Waals surface area contributed by atoms with Crippen molar-refractivity contribution in [2.24, 2.45) is 4.99 Å². The molecule has 5 rings (SSSR count). The first-order valence-electron chi connectivity index (χ1n) is 12.7. The normalized spacial score (nSPS) is 15.0. The fourth-order valence-electron chi connectivity index (χ4n) is 4.48. The minimum absolute atomic E-state index is 0.145. The summed E-state index contributed by atoms with van der Waals surface area (Å²) in [5.41, 5.74) is 7.61. The Morgan fingerprint density at radius 1 is 1.05 bits per heavy atom. The van der Waals surface area contributed by atoms with Gasteiger partial charge in [-0.2, -0.15) is 5.26 Å². The molecule has 0 bridgehead atoms. The Balaban J connectivity index is 1.31. The standard InChI is InChI=1S/C32H28N4O2S/c1-4-23-9-11-27(12-10-23)34-32-35-31(37)30(39-32)18-26-17-21(2)36(22(26)3)28-13-15-29(16-14-28)38-20-25-8-6-5-7-24(25)19-33/h5-18H,4,20H2,1-3H3,(H,34,35,37)/b30-18-. The van der Waals surface area contributed by atoms with E-state index in [0.29, 0.717) is 22.2 Å². The molecule has 2 heterocycles. The van der Waals surface area contributed by atoms with E-state index in [1.807, 2.05) is 74.5 Å². The molecule has 0 atom stereocenters. The Labute approximate surface area is 232 Å². The number of hydrogen-bond donors (Lipinski definition) is 1. The van der Waals surface area contributed by atoms with Gasteiger partial charge < -0.3 is 14.6 Å². The maximum atomic E-state index is 12.7. The number of nitriles is 1. The number of nitrogens with one attached hydrogen (secondary N) is 1. The smallest absolute Gasteiger partial charge is 0.264 e. The topological polar surface area (TPSA) is 79.4 Å². The predicted molar refractivity (Wildman–Crippen MR) is 157 cm³/mol. The van der Waals surface area contributed by atoms with Crippen molar-refractivity contribution in [2.45, 2.75) is 33.8 Å². The quantitative estimate of drug-likeness (QED) is 0.260. The number of carbonyl (C=O) groups is 1. The van der Waals surface area contributed by atoms with Crippen LogP contribution < -0.4 is 10.1 Å². The second kappa shape index (κ2) is 11.5. The van der Waals surface area contributed by atoms with Gasteiger partial charge in [-0.1, -0.05) is 37.3 Å². The maximum absolute atomic E-state index is 12.7. The van der Waals surface area contributed by atoms with Crippen molar-refractivity contribution in [3.8, 4) is 17.5 Å². The van der Waals surface area contributed by atoms with Gasteiger partial charge in [-0.25, -0.2) is 4.99 Å². The van der Waals surface area contributed by atoms with Crippen LogP contribution >= 0.6 is 11.8 Å². The molecule has 194 valence electrons. The van der Waals surface area contributed by atoms with Crippen LogP contribution in [0.1, 0.15) is 40.6 Å². The molecule has 7 heteroatoms. The summed E-state index contributed by atoms with van der Waals surface area (Å²) < 4.78 is 8.08. The fraction of sp³-hybridized carbons (Fsp3) is 0.156. The molecule has 0 saturated carbocycles. The van der Waals surface area contributed by atoms with Crippen LogP contribution in [0.5, 0.6) is 5.75 Å². The van der Waals surface area contributed by atoms with Gasteiger partial charge in [0.2, 0.25) is 0 Å². The number of aryl methyl sites for hydroxylation is 2. The van der Waals surface area contributed by atoms with Crippen molar-refractivity contribution >= 4 is 34.6 Å². The second-order valence-electron chi connectivity index (χ2n) is 9.22. The summed E-state index contributed by atoms with van der Waals surface area (Å²) in [4.78, 5) is 17.9. The third-order valence-electron chi connectivity index (χ3n) is 6.61. The largest absolute Gasteiger partial charge is 0.489 e. The van der Waals surface area contributed by atoms with Crippen molar-refractivity contribution in [1.82, 2.24) is 9.88 Å². The van der Waals surface area contributed by atoms with E-state index in [1.165, 1.54) is 17.3 Å². The van der Waals surface area contributed by atoms with Crippen molar-refractivity contribution in [3.63, 3.8) is 0 Å². The minimum atomic E-state index is -0.145. The minimum Gasteiger partial charge on any atom is -0.489 e. The highest BCUT2D eigenvalue weighted by atomic mass is 32.2. The van der Waals surface area contributed by atoms with E-state index in [4.69, 9.17) is 4.74 Å². The highest BCUT2D eigenvalue weighted by Crippen LogP contribution is 2.31. The molecule has 0 aliphatic carbocycles. The molecule has 0 spiro atoms. The molecule has 0 unspecified atom stereocenters.